The highest BCUT2D eigenvalue weighted by atomic mass is 79.9. The van der Waals surface area contributed by atoms with E-state index in [1.54, 1.807) is 19.1 Å². The van der Waals surface area contributed by atoms with Gasteiger partial charge >= 0.3 is 0 Å². The molecule has 7 nitrogen and oxygen atoms in total. The zero-order valence-electron chi connectivity index (χ0n) is 20.9. The largest absolute Gasteiger partial charge is 0.508 e. The second-order valence-electron chi connectivity index (χ2n) is 9.67. The number of carbonyl (C=O) groups excluding carboxylic acids is 1. The van der Waals surface area contributed by atoms with Gasteiger partial charge in [-0.3, -0.25) is 4.79 Å². The van der Waals surface area contributed by atoms with Crippen LogP contribution in [0.25, 0.3) is 21.9 Å². The van der Waals surface area contributed by atoms with Crippen molar-refractivity contribution in [1.29, 1.82) is 0 Å². The van der Waals surface area contributed by atoms with Crippen molar-refractivity contribution in [1.82, 2.24) is 0 Å². The summed E-state index contributed by atoms with van der Waals surface area (Å²) in [7, 11) is 2.96. The summed E-state index contributed by atoms with van der Waals surface area (Å²) in [6.45, 7) is 5.55. The Morgan fingerprint density at radius 1 is 0.811 bits per heavy atom. The molecule has 0 atom stereocenters. The number of ketones is 1. The van der Waals surface area contributed by atoms with E-state index in [-0.39, 0.29) is 39.5 Å². The topological polar surface area (TPSA) is 116 Å². The van der Waals surface area contributed by atoms with Crippen molar-refractivity contribution in [2.75, 3.05) is 14.2 Å². The molecule has 190 valence electrons. The number of methoxy groups -OCH3 is 2. The van der Waals surface area contributed by atoms with Crippen LogP contribution in [0.3, 0.4) is 0 Å². The second kappa shape index (κ2) is 8.31. The number of phenols is 4. The summed E-state index contributed by atoms with van der Waals surface area (Å²) in [5, 5.41) is 44.8. The van der Waals surface area contributed by atoms with Crippen molar-refractivity contribution < 1.29 is 34.7 Å². The lowest BCUT2D eigenvalue weighted by Crippen LogP contribution is -2.30. The van der Waals surface area contributed by atoms with Gasteiger partial charge in [-0.2, -0.15) is 0 Å². The summed E-state index contributed by atoms with van der Waals surface area (Å²) < 4.78 is 11.2. The van der Waals surface area contributed by atoms with Crippen molar-refractivity contribution in [2.24, 2.45) is 0 Å². The van der Waals surface area contributed by atoms with Crippen LogP contribution in [0.1, 0.15) is 46.5 Å². The number of hydrogen-bond acceptors (Lipinski definition) is 7. The molecule has 0 fully saturated rings. The zero-order valence-corrected chi connectivity index (χ0v) is 22.4. The van der Waals surface area contributed by atoms with Crippen LogP contribution in [0.5, 0.6) is 34.5 Å². The molecule has 4 aromatic rings. The lowest BCUT2D eigenvalue weighted by Gasteiger charge is -2.35. The van der Waals surface area contributed by atoms with Gasteiger partial charge < -0.3 is 29.9 Å². The summed E-state index contributed by atoms with van der Waals surface area (Å²) in [4.78, 5) is 13.8. The average Bonchev–Trinajstić information content (AvgIpc) is 2.84. The van der Waals surface area contributed by atoms with Crippen LogP contribution >= 0.6 is 15.9 Å². The van der Waals surface area contributed by atoms with E-state index < -0.39 is 11.2 Å². The van der Waals surface area contributed by atoms with Crippen LogP contribution in [-0.4, -0.2) is 40.4 Å². The van der Waals surface area contributed by atoms with E-state index >= 15 is 0 Å². The fourth-order valence-corrected chi connectivity index (χ4v) is 5.86. The summed E-state index contributed by atoms with van der Waals surface area (Å²) in [6, 6.07) is 9.22. The molecule has 0 amide bonds. The second-order valence-corrected chi connectivity index (χ2v) is 10.5. The van der Waals surface area contributed by atoms with Gasteiger partial charge in [-0.25, -0.2) is 0 Å². The van der Waals surface area contributed by atoms with Crippen LogP contribution < -0.4 is 9.47 Å². The molecule has 8 heteroatoms. The third kappa shape index (κ3) is 3.43. The fraction of sp³-hybridized carbons (Fsp3) is 0.207. The SMILES string of the molecule is COc1cc(O)c2c(c1)C(C)(C)c1cc3cc(O)cc(-c4c(O)cc(OC)c(Br)c4C)c3c(O)c1C2=O. The number of hydrogen-bond donors (Lipinski definition) is 4. The average molecular weight is 565 g/mol. The highest BCUT2D eigenvalue weighted by Crippen LogP contribution is 2.53. The van der Waals surface area contributed by atoms with E-state index in [4.69, 9.17) is 9.47 Å². The fourth-order valence-electron chi connectivity index (χ4n) is 5.38. The quantitative estimate of drug-likeness (QED) is 0.231. The Hall–Kier alpha value is -3.91. The Balaban J connectivity index is 1.90. The van der Waals surface area contributed by atoms with E-state index in [9.17, 15) is 25.2 Å². The van der Waals surface area contributed by atoms with E-state index in [0.29, 0.717) is 49.2 Å². The third-order valence-corrected chi connectivity index (χ3v) is 8.24. The predicted molar refractivity (Wildman–Crippen MR) is 144 cm³/mol. The number of phenolic OH excluding ortho intramolecular Hbond substituents is 4. The maximum atomic E-state index is 13.8. The minimum atomic E-state index is -0.802. The number of fused-ring (bicyclic) bond motifs is 3. The van der Waals surface area contributed by atoms with Crippen molar-refractivity contribution in [2.45, 2.75) is 26.2 Å². The van der Waals surface area contributed by atoms with Crippen LogP contribution in [0.2, 0.25) is 0 Å². The Kier molecular flexibility index (Phi) is 5.56. The lowest BCUT2D eigenvalue weighted by atomic mass is 9.67. The number of aromatic hydroxyl groups is 4. The first-order chi connectivity index (χ1) is 17.4. The molecule has 0 spiro atoms. The number of ether oxygens (including phenoxy) is 2. The molecule has 0 aliphatic heterocycles. The van der Waals surface area contributed by atoms with Gasteiger partial charge in [-0.05, 0) is 69.2 Å². The predicted octanol–water partition coefficient (Wildman–Crippen LogP) is 6.29. The first-order valence-electron chi connectivity index (χ1n) is 11.5. The number of carbonyl (C=O) groups is 1. The van der Waals surface area contributed by atoms with Crippen molar-refractivity contribution in [3.8, 4) is 45.6 Å². The third-order valence-electron chi connectivity index (χ3n) is 7.26. The Bertz CT molecular complexity index is 1650. The number of halogens is 1. The van der Waals surface area contributed by atoms with E-state index in [2.05, 4.69) is 15.9 Å². The highest BCUT2D eigenvalue weighted by molar-refractivity contribution is 9.10. The van der Waals surface area contributed by atoms with Gasteiger partial charge in [0.15, 0.2) is 0 Å². The van der Waals surface area contributed by atoms with E-state index in [1.165, 1.54) is 38.5 Å². The minimum absolute atomic E-state index is 0.0575. The van der Waals surface area contributed by atoms with Crippen LogP contribution in [-0.2, 0) is 5.41 Å². The monoisotopic (exact) mass is 564 g/mol. The Labute approximate surface area is 221 Å². The highest BCUT2D eigenvalue weighted by Gasteiger charge is 2.41. The van der Waals surface area contributed by atoms with Gasteiger partial charge in [0.1, 0.15) is 34.5 Å². The normalized spacial score (nSPS) is 13.8. The molecule has 0 saturated carbocycles. The molecular formula is C29H25BrO7. The van der Waals surface area contributed by atoms with Crippen LogP contribution in [0.4, 0.5) is 0 Å². The van der Waals surface area contributed by atoms with E-state index in [1.807, 2.05) is 13.8 Å². The first kappa shape index (κ1) is 24.8. The summed E-state index contributed by atoms with van der Waals surface area (Å²) >= 11 is 3.49. The van der Waals surface area contributed by atoms with Gasteiger partial charge in [0, 0.05) is 34.1 Å². The number of rotatable bonds is 3. The molecular weight excluding hydrogens is 540 g/mol. The molecule has 1 aliphatic rings. The zero-order chi connectivity index (χ0) is 27.0. The molecule has 0 aromatic heterocycles. The molecule has 37 heavy (non-hydrogen) atoms. The first-order valence-corrected chi connectivity index (χ1v) is 12.3. The van der Waals surface area contributed by atoms with Crippen molar-refractivity contribution in [3.63, 3.8) is 0 Å². The molecule has 4 N–H and O–H groups in total. The van der Waals surface area contributed by atoms with Crippen molar-refractivity contribution >= 4 is 32.5 Å². The van der Waals surface area contributed by atoms with Crippen LogP contribution in [0, 0.1) is 6.92 Å². The van der Waals surface area contributed by atoms with Gasteiger partial charge in [-0.1, -0.05) is 13.8 Å². The molecule has 5 rings (SSSR count). The summed E-state index contributed by atoms with van der Waals surface area (Å²) in [5.41, 5.74) is 1.76. The number of benzene rings is 4. The minimum Gasteiger partial charge on any atom is -0.508 e. The standard InChI is InChI=1S/C29H25BrO7/c1-12-22(20(33)11-21(37-5)26(12)30)16-8-14(31)6-13-7-17-25(27(34)23(13)16)28(35)24-18(29(17,2)3)9-15(36-4)10-19(24)32/h6-11,31-34H,1-5H3. The van der Waals surface area contributed by atoms with E-state index in [0.717, 1.165) is 0 Å². The maximum Gasteiger partial charge on any atom is 0.201 e. The Morgan fingerprint density at radius 2 is 1.46 bits per heavy atom. The molecule has 4 aromatic carbocycles. The smallest absolute Gasteiger partial charge is 0.201 e. The molecule has 0 saturated heterocycles. The van der Waals surface area contributed by atoms with Crippen molar-refractivity contribution in [3.05, 3.63) is 68.7 Å². The van der Waals surface area contributed by atoms with Gasteiger partial charge in [0.2, 0.25) is 5.78 Å². The van der Waals surface area contributed by atoms with Gasteiger partial charge in [-0.15, -0.1) is 0 Å². The van der Waals surface area contributed by atoms with Crippen LogP contribution in [0.15, 0.2) is 40.9 Å². The van der Waals surface area contributed by atoms with Gasteiger partial charge in [0.25, 0.3) is 0 Å². The Morgan fingerprint density at radius 3 is 2.11 bits per heavy atom. The summed E-state index contributed by atoms with van der Waals surface area (Å²) in [6.07, 6.45) is 0. The molecule has 0 bridgehead atoms. The molecule has 1 aliphatic carbocycles. The van der Waals surface area contributed by atoms with Gasteiger partial charge in [0.05, 0.1) is 29.8 Å². The summed E-state index contributed by atoms with van der Waals surface area (Å²) in [5.74, 6) is -0.440. The molecule has 0 unspecified atom stereocenters. The lowest BCUT2D eigenvalue weighted by molar-refractivity contribution is 0.102. The maximum absolute atomic E-state index is 13.8. The molecule has 0 heterocycles. The molecule has 0 radical (unpaired) electrons.